The Hall–Kier alpha value is -1.97. The summed E-state index contributed by atoms with van der Waals surface area (Å²) in [6.07, 6.45) is 8.52. The first-order chi connectivity index (χ1) is 11.1. The molecule has 0 aromatic heterocycles. The van der Waals surface area contributed by atoms with Crippen LogP contribution in [-0.2, 0) is 11.2 Å². The van der Waals surface area contributed by atoms with Crippen molar-refractivity contribution in [1.29, 1.82) is 0 Å². The fraction of sp³-hybridized carbons (Fsp3) is 0.526. The summed E-state index contributed by atoms with van der Waals surface area (Å²) in [5, 5.41) is 3.01. The van der Waals surface area contributed by atoms with Crippen LogP contribution >= 0.6 is 0 Å². The van der Waals surface area contributed by atoms with Gasteiger partial charge in [0.1, 0.15) is 11.5 Å². The lowest BCUT2D eigenvalue weighted by atomic mass is 9.97. The Labute approximate surface area is 138 Å². The van der Waals surface area contributed by atoms with Crippen LogP contribution < -0.4 is 14.8 Å². The largest absolute Gasteiger partial charge is 0.496 e. The number of ether oxygens (including phenoxy) is 2. The zero-order chi connectivity index (χ0) is 16.7. The average molecular weight is 317 g/mol. The molecule has 0 heterocycles. The highest BCUT2D eigenvalue weighted by Gasteiger charge is 2.12. The van der Waals surface area contributed by atoms with Crippen LogP contribution in [0.2, 0.25) is 0 Å². The molecule has 4 nitrogen and oxygen atoms in total. The van der Waals surface area contributed by atoms with Gasteiger partial charge in [0.2, 0.25) is 5.91 Å². The highest BCUT2D eigenvalue weighted by atomic mass is 16.5. The summed E-state index contributed by atoms with van der Waals surface area (Å²) >= 11 is 0. The first-order valence-corrected chi connectivity index (χ1v) is 8.30. The van der Waals surface area contributed by atoms with Crippen LogP contribution in [0.15, 0.2) is 23.8 Å². The average Bonchev–Trinajstić information content (AvgIpc) is 2.57. The van der Waals surface area contributed by atoms with Gasteiger partial charge < -0.3 is 14.8 Å². The number of rotatable bonds is 7. The number of hydrogen-bond acceptors (Lipinski definition) is 3. The number of carbonyl (C=O) groups is 1. The van der Waals surface area contributed by atoms with Gasteiger partial charge in [0.15, 0.2) is 0 Å². The van der Waals surface area contributed by atoms with E-state index >= 15 is 0 Å². The molecule has 0 radical (unpaired) electrons. The van der Waals surface area contributed by atoms with Gasteiger partial charge in [0.05, 0.1) is 20.6 Å². The van der Waals surface area contributed by atoms with Gasteiger partial charge in [-0.25, -0.2) is 0 Å². The van der Waals surface area contributed by atoms with E-state index in [1.54, 1.807) is 14.2 Å². The predicted molar refractivity (Wildman–Crippen MR) is 92.2 cm³/mol. The molecule has 4 heteroatoms. The molecule has 0 spiro atoms. The topological polar surface area (TPSA) is 47.6 Å². The van der Waals surface area contributed by atoms with Gasteiger partial charge in [-0.1, -0.05) is 11.6 Å². The van der Waals surface area contributed by atoms with Crippen LogP contribution in [0.25, 0.3) is 0 Å². The number of allylic oxidation sites excluding steroid dienone is 1. The monoisotopic (exact) mass is 317 g/mol. The van der Waals surface area contributed by atoms with Crippen LogP contribution in [0.4, 0.5) is 0 Å². The van der Waals surface area contributed by atoms with Crippen LogP contribution in [0.1, 0.15) is 43.2 Å². The van der Waals surface area contributed by atoms with Gasteiger partial charge in [0, 0.05) is 12.1 Å². The summed E-state index contributed by atoms with van der Waals surface area (Å²) in [6.45, 7) is 2.67. The summed E-state index contributed by atoms with van der Waals surface area (Å²) < 4.78 is 10.7. The molecule has 1 amide bonds. The Kier molecular flexibility index (Phi) is 6.51. The van der Waals surface area contributed by atoms with E-state index in [1.807, 2.05) is 19.1 Å². The lowest BCUT2D eigenvalue weighted by Crippen LogP contribution is -2.26. The number of methoxy groups -OCH3 is 2. The van der Waals surface area contributed by atoms with Crippen molar-refractivity contribution in [3.63, 3.8) is 0 Å². The van der Waals surface area contributed by atoms with E-state index in [2.05, 4.69) is 11.4 Å². The minimum atomic E-state index is 0.0191. The Bertz CT molecular complexity index is 578. The zero-order valence-corrected chi connectivity index (χ0v) is 14.4. The summed E-state index contributed by atoms with van der Waals surface area (Å²) in [4.78, 5) is 12.2. The van der Waals surface area contributed by atoms with Gasteiger partial charge >= 0.3 is 0 Å². The molecule has 0 bridgehead atoms. The molecule has 1 aliphatic carbocycles. The second kappa shape index (κ2) is 8.61. The van der Waals surface area contributed by atoms with Crippen LogP contribution in [0, 0.1) is 6.92 Å². The minimum Gasteiger partial charge on any atom is -0.496 e. The lowest BCUT2D eigenvalue weighted by Gasteiger charge is -2.14. The SMILES string of the molecule is COc1cc(CC(=O)NCCC2=CCCCC2)c(OC)cc1C. The normalized spacial score (nSPS) is 14.1. The molecule has 23 heavy (non-hydrogen) atoms. The molecule has 1 aromatic rings. The van der Waals surface area contributed by atoms with E-state index < -0.39 is 0 Å². The van der Waals surface area contributed by atoms with E-state index in [4.69, 9.17) is 9.47 Å². The molecule has 0 saturated heterocycles. The molecule has 2 rings (SSSR count). The molecule has 0 saturated carbocycles. The number of amides is 1. The third-order valence-corrected chi connectivity index (χ3v) is 4.30. The number of carbonyl (C=O) groups excluding carboxylic acids is 1. The molecule has 0 atom stereocenters. The predicted octanol–water partition coefficient (Wildman–Crippen LogP) is 3.56. The molecule has 0 unspecified atom stereocenters. The maximum absolute atomic E-state index is 12.2. The van der Waals surface area contributed by atoms with Crippen molar-refractivity contribution >= 4 is 5.91 Å². The molecule has 0 fully saturated rings. The molecule has 126 valence electrons. The Morgan fingerprint density at radius 3 is 2.61 bits per heavy atom. The molecular formula is C19H27NO3. The fourth-order valence-electron chi connectivity index (χ4n) is 2.98. The minimum absolute atomic E-state index is 0.0191. The number of aryl methyl sites for hydroxylation is 1. The van der Waals surface area contributed by atoms with E-state index in [0.29, 0.717) is 13.0 Å². The van der Waals surface area contributed by atoms with Crippen LogP contribution in [0.3, 0.4) is 0 Å². The fourth-order valence-corrected chi connectivity index (χ4v) is 2.98. The van der Waals surface area contributed by atoms with Gasteiger partial charge in [-0.05, 0) is 56.7 Å². The van der Waals surface area contributed by atoms with Gasteiger partial charge in [-0.15, -0.1) is 0 Å². The van der Waals surface area contributed by atoms with E-state index in [9.17, 15) is 4.79 Å². The molecule has 0 aliphatic heterocycles. The third kappa shape index (κ3) is 5.02. The molecular weight excluding hydrogens is 290 g/mol. The van der Waals surface area contributed by atoms with Crippen molar-refractivity contribution in [2.75, 3.05) is 20.8 Å². The van der Waals surface area contributed by atoms with Crippen molar-refractivity contribution in [2.45, 2.75) is 45.4 Å². The second-order valence-corrected chi connectivity index (χ2v) is 6.02. The van der Waals surface area contributed by atoms with Gasteiger partial charge in [0.25, 0.3) is 0 Å². The van der Waals surface area contributed by atoms with E-state index in [-0.39, 0.29) is 5.91 Å². The van der Waals surface area contributed by atoms with Crippen LogP contribution in [0.5, 0.6) is 11.5 Å². The highest BCUT2D eigenvalue weighted by molar-refractivity contribution is 5.79. The van der Waals surface area contributed by atoms with Gasteiger partial charge in [-0.3, -0.25) is 4.79 Å². The number of nitrogens with one attached hydrogen (secondary N) is 1. The first-order valence-electron chi connectivity index (χ1n) is 8.30. The molecule has 1 aromatic carbocycles. The number of hydrogen-bond donors (Lipinski definition) is 1. The van der Waals surface area contributed by atoms with E-state index in [1.165, 1.54) is 31.3 Å². The van der Waals surface area contributed by atoms with Crippen molar-refractivity contribution in [3.8, 4) is 11.5 Å². The smallest absolute Gasteiger partial charge is 0.224 e. The Morgan fingerprint density at radius 2 is 1.96 bits per heavy atom. The van der Waals surface area contributed by atoms with Gasteiger partial charge in [-0.2, -0.15) is 0 Å². The zero-order valence-electron chi connectivity index (χ0n) is 14.4. The van der Waals surface area contributed by atoms with E-state index in [0.717, 1.165) is 29.0 Å². The summed E-state index contributed by atoms with van der Waals surface area (Å²) in [5.41, 5.74) is 3.33. The molecule has 1 N–H and O–H groups in total. The summed E-state index contributed by atoms with van der Waals surface area (Å²) in [6, 6.07) is 3.80. The molecule has 1 aliphatic rings. The van der Waals surface area contributed by atoms with Crippen molar-refractivity contribution in [3.05, 3.63) is 34.9 Å². The lowest BCUT2D eigenvalue weighted by molar-refractivity contribution is -0.120. The standard InChI is InChI=1S/C19H27NO3/c1-14-11-18(23-3)16(12-17(14)22-2)13-19(21)20-10-9-15-7-5-4-6-8-15/h7,11-12H,4-6,8-10,13H2,1-3H3,(H,20,21). The second-order valence-electron chi connectivity index (χ2n) is 6.02. The summed E-state index contributed by atoms with van der Waals surface area (Å²) in [5.74, 6) is 1.53. The Balaban J connectivity index is 1.90. The maximum atomic E-state index is 12.2. The quantitative estimate of drug-likeness (QED) is 0.782. The third-order valence-electron chi connectivity index (χ3n) is 4.30. The number of benzene rings is 1. The summed E-state index contributed by atoms with van der Waals surface area (Å²) in [7, 11) is 3.26. The highest BCUT2D eigenvalue weighted by Crippen LogP contribution is 2.28. The maximum Gasteiger partial charge on any atom is 0.224 e. The Morgan fingerprint density at radius 1 is 1.17 bits per heavy atom. The van der Waals surface area contributed by atoms with Crippen molar-refractivity contribution in [1.82, 2.24) is 5.32 Å². The first kappa shape index (κ1) is 17.4. The van der Waals surface area contributed by atoms with Crippen molar-refractivity contribution < 1.29 is 14.3 Å². The van der Waals surface area contributed by atoms with Crippen molar-refractivity contribution in [2.24, 2.45) is 0 Å². The van der Waals surface area contributed by atoms with Crippen LogP contribution in [-0.4, -0.2) is 26.7 Å².